The van der Waals surface area contributed by atoms with Crippen molar-refractivity contribution >= 4 is 23.3 Å². The lowest BCUT2D eigenvalue weighted by atomic mass is 9.94. The molecule has 1 atom stereocenters. The molecule has 2 aromatic carbocycles. The number of nitro groups is 1. The van der Waals surface area contributed by atoms with E-state index in [1.54, 1.807) is 31.2 Å². The summed E-state index contributed by atoms with van der Waals surface area (Å²) in [5, 5.41) is 18.9. The van der Waals surface area contributed by atoms with Crippen molar-refractivity contribution < 1.29 is 14.5 Å². The third kappa shape index (κ3) is 3.54. The number of para-hydroxylation sites is 1. The van der Waals surface area contributed by atoms with Crippen molar-refractivity contribution in [1.29, 1.82) is 0 Å². The lowest BCUT2D eigenvalue weighted by Crippen LogP contribution is -2.45. The van der Waals surface area contributed by atoms with Gasteiger partial charge in [0.1, 0.15) is 0 Å². The zero-order valence-electron chi connectivity index (χ0n) is 13.9. The molecule has 3 rings (SSSR count). The van der Waals surface area contributed by atoms with Crippen LogP contribution in [0.2, 0.25) is 0 Å². The molecule has 0 saturated carbocycles. The Hall–Kier alpha value is -3.68. The molecule has 0 spiro atoms. The maximum Gasteiger partial charge on any atom is 0.319 e. The Labute approximate surface area is 149 Å². The molecule has 8 nitrogen and oxygen atoms in total. The van der Waals surface area contributed by atoms with Crippen molar-refractivity contribution in [2.24, 2.45) is 0 Å². The number of non-ortho nitro benzene ring substituents is 1. The second kappa shape index (κ2) is 7.06. The number of allylic oxidation sites excluding steroid dienone is 1. The zero-order chi connectivity index (χ0) is 18.7. The average molecular weight is 352 g/mol. The molecule has 3 amide bonds. The number of hydrogen-bond donors (Lipinski definition) is 3. The van der Waals surface area contributed by atoms with Crippen molar-refractivity contribution in [3.63, 3.8) is 0 Å². The minimum absolute atomic E-state index is 0.0648. The summed E-state index contributed by atoms with van der Waals surface area (Å²) in [7, 11) is 0. The van der Waals surface area contributed by atoms with Crippen molar-refractivity contribution in [3.05, 3.63) is 81.5 Å². The van der Waals surface area contributed by atoms with Gasteiger partial charge in [0.2, 0.25) is 0 Å². The first-order valence-corrected chi connectivity index (χ1v) is 7.85. The highest BCUT2D eigenvalue weighted by molar-refractivity contribution is 6.06. The van der Waals surface area contributed by atoms with Gasteiger partial charge in [0.25, 0.3) is 11.6 Å². The molecule has 8 heteroatoms. The summed E-state index contributed by atoms with van der Waals surface area (Å²) in [6.07, 6.45) is 0. The van der Waals surface area contributed by atoms with Crippen LogP contribution in [0.3, 0.4) is 0 Å². The van der Waals surface area contributed by atoms with Crippen LogP contribution in [0.25, 0.3) is 0 Å². The summed E-state index contributed by atoms with van der Waals surface area (Å²) in [6.45, 7) is 1.64. The molecule has 1 heterocycles. The van der Waals surface area contributed by atoms with Crippen LogP contribution in [0.4, 0.5) is 16.2 Å². The van der Waals surface area contributed by atoms with Gasteiger partial charge in [-0.25, -0.2) is 4.79 Å². The van der Waals surface area contributed by atoms with E-state index in [-0.39, 0.29) is 11.6 Å². The zero-order valence-corrected chi connectivity index (χ0v) is 13.9. The molecule has 26 heavy (non-hydrogen) atoms. The van der Waals surface area contributed by atoms with Gasteiger partial charge < -0.3 is 16.0 Å². The molecule has 1 aliphatic rings. The second-order valence-electron chi connectivity index (χ2n) is 5.74. The lowest BCUT2D eigenvalue weighted by molar-refractivity contribution is -0.384. The largest absolute Gasteiger partial charge is 0.327 e. The highest BCUT2D eigenvalue weighted by Crippen LogP contribution is 2.28. The predicted octanol–water partition coefficient (Wildman–Crippen LogP) is 2.86. The van der Waals surface area contributed by atoms with Gasteiger partial charge in [-0.2, -0.15) is 0 Å². The Kier molecular flexibility index (Phi) is 4.66. The maximum absolute atomic E-state index is 12.8. The molecule has 2 aromatic rings. The molecule has 0 aromatic heterocycles. The number of carbonyl (C=O) groups is 2. The Balaban J connectivity index is 1.93. The molecule has 3 N–H and O–H groups in total. The number of anilines is 1. The number of nitrogens with one attached hydrogen (secondary N) is 3. The van der Waals surface area contributed by atoms with E-state index in [9.17, 15) is 19.7 Å². The van der Waals surface area contributed by atoms with Crippen LogP contribution in [-0.2, 0) is 4.79 Å². The van der Waals surface area contributed by atoms with Crippen LogP contribution in [0, 0.1) is 10.1 Å². The first kappa shape index (κ1) is 17.2. The fourth-order valence-corrected chi connectivity index (χ4v) is 2.75. The summed E-state index contributed by atoms with van der Waals surface area (Å²) >= 11 is 0. The minimum Gasteiger partial charge on any atom is -0.327 e. The molecular weight excluding hydrogens is 336 g/mol. The summed E-state index contributed by atoms with van der Waals surface area (Å²) in [5.41, 5.74) is 1.89. The third-order valence-corrected chi connectivity index (χ3v) is 3.98. The highest BCUT2D eigenvalue weighted by Gasteiger charge is 2.31. The average Bonchev–Trinajstić information content (AvgIpc) is 2.61. The molecule has 1 aliphatic heterocycles. The van der Waals surface area contributed by atoms with Gasteiger partial charge in [0.15, 0.2) is 0 Å². The number of benzene rings is 2. The monoisotopic (exact) mass is 352 g/mol. The number of hydrogen-bond acceptors (Lipinski definition) is 4. The number of nitrogens with zero attached hydrogens (tertiary/aromatic N) is 1. The van der Waals surface area contributed by atoms with E-state index < -0.39 is 17.0 Å². The van der Waals surface area contributed by atoms with E-state index in [1.807, 2.05) is 6.07 Å². The van der Waals surface area contributed by atoms with Gasteiger partial charge in [-0.05, 0) is 36.8 Å². The Morgan fingerprint density at radius 2 is 1.77 bits per heavy atom. The highest BCUT2D eigenvalue weighted by atomic mass is 16.6. The number of carbonyl (C=O) groups excluding carboxylic acids is 2. The normalized spacial score (nSPS) is 16.5. The number of urea groups is 1. The third-order valence-electron chi connectivity index (χ3n) is 3.98. The van der Waals surface area contributed by atoms with E-state index in [4.69, 9.17) is 0 Å². The standard InChI is InChI=1S/C18H16N4O4/c1-11-15(17(23)20-13-5-3-2-4-6-13)16(21-18(24)19-11)12-7-9-14(10-8-12)22(25)26/h2-10,16H,1H3,(H,20,23)(H2,19,21,24)/t16-/m1/s1. The maximum atomic E-state index is 12.8. The first-order valence-electron chi connectivity index (χ1n) is 7.85. The van der Waals surface area contributed by atoms with Crippen molar-refractivity contribution in [3.8, 4) is 0 Å². The molecule has 0 radical (unpaired) electrons. The smallest absolute Gasteiger partial charge is 0.319 e. The Morgan fingerprint density at radius 1 is 1.12 bits per heavy atom. The Morgan fingerprint density at radius 3 is 2.38 bits per heavy atom. The topological polar surface area (TPSA) is 113 Å². The van der Waals surface area contributed by atoms with Gasteiger partial charge in [0, 0.05) is 23.5 Å². The summed E-state index contributed by atoms with van der Waals surface area (Å²) in [4.78, 5) is 35.0. The fraction of sp³-hybridized carbons (Fsp3) is 0.111. The SMILES string of the molecule is CC1=C(C(=O)Nc2ccccc2)[C@@H](c2ccc([N+](=O)[O-])cc2)NC(=O)N1. The van der Waals surface area contributed by atoms with Crippen LogP contribution >= 0.6 is 0 Å². The first-order chi connectivity index (χ1) is 12.5. The summed E-state index contributed by atoms with van der Waals surface area (Å²) in [5.74, 6) is -0.371. The summed E-state index contributed by atoms with van der Waals surface area (Å²) < 4.78 is 0. The second-order valence-corrected chi connectivity index (χ2v) is 5.74. The van der Waals surface area contributed by atoms with Gasteiger partial charge in [-0.15, -0.1) is 0 Å². The number of nitro benzene ring substituents is 1. The Bertz CT molecular complexity index is 891. The van der Waals surface area contributed by atoms with Crippen LogP contribution < -0.4 is 16.0 Å². The van der Waals surface area contributed by atoms with E-state index in [1.165, 1.54) is 24.3 Å². The van der Waals surface area contributed by atoms with Gasteiger partial charge in [0.05, 0.1) is 16.5 Å². The van der Waals surface area contributed by atoms with Crippen molar-refractivity contribution in [2.45, 2.75) is 13.0 Å². The van der Waals surface area contributed by atoms with E-state index >= 15 is 0 Å². The molecule has 0 bridgehead atoms. The number of amides is 3. The molecule has 0 fully saturated rings. The molecule has 132 valence electrons. The van der Waals surface area contributed by atoms with Crippen LogP contribution in [0.5, 0.6) is 0 Å². The molecular formula is C18H16N4O4. The van der Waals surface area contributed by atoms with Gasteiger partial charge in [-0.3, -0.25) is 14.9 Å². The predicted molar refractivity (Wildman–Crippen MR) is 95.3 cm³/mol. The molecule has 0 aliphatic carbocycles. The van der Waals surface area contributed by atoms with Gasteiger partial charge in [-0.1, -0.05) is 18.2 Å². The van der Waals surface area contributed by atoms with Crippen LogP contribution in [0.1, 0.15) is 18.5 Å². The van der Waals surface area contributed by atoms with Crippen molar-refractivity contribution in [2.75, 3.05) is 5.32 Å². The van der Waals surface area contributed by atoms with E-state index in [2.05, 4.69) is 16.0 Å². The summed E-state index contributed by atoms with van der Waals surface area (Å²) in [6, 6.07) is 13.5. The lowest BCUT2D eigenvalue weighted by Gasteiger charge is -2.28. The van der Waals surface area contributed by atoms with Crippen LogP contribution in [-0.4, -0.2) is 16.9 Å². The van der Waals surface area contributed by atoms with E-state index in [0.717, 1.165) is 0 Å². The van der Waals surface area contributed by atoms with Crippen molar-refractivity contribution in [1.82, 2.24) is 10.6 Å². The van der Waals surface area contributed by atoms with Crippen LogP contribution in [0.15, 0.2) is 65.9 Å². The minimum atomic E-state index is -0.715. The van der Waals surface area contributed by atoms with E-state index in [0.29, 0.717) is 22.5 Å². The molecule has 0 saturated heterocycles. The molecule has 0 unspecified atom stereocenters. The van der Waals surface area contributed by atoms with Gasteiger partial charge >= 0.3 is 6.03 Å². The fourth-order valence-electron chi connectivity index (χ4n) is 2.75. The number of rotatable bonds is 4. The quantitative estimate of drug-likeness (QED) is 0.580.